The van der Waals surface area contributed by atoms with E-state index in [4.69, 9.17) is 10.5 Å². The van der Waals surface area contributed by atoms with Crippen LogP contribution in [0.15, 0.2) is 30.4 Å². The number of hydrogen-bond donors (Lipinski definition) is 1. The molecule has 0 spiro atoms. The molecule has 1 rings (SSSR count). The van der Waals surface area contributed by atoms with Crippen LogP contribution in [0.5, 0.6) is 5.75 Å². The van der Waals surface area contributed by atoms with E-state index < -0.39 is 0 Å². The van der Waals surface area contributed by atoms with Gasteiger partial charge in [-0.2, -0.15) is 0 Å². The summed E-state index contributed by atoms with van der Waals surface area (Å²) in [6.07, 6.45) is 3.83. The van der Waals surface area contributed by atoms with Crippen molar-refractivity contribution in [3.63, 3.8) is 0 Å². The maximum Gasteiger partial charge on any atom is 0.125 e. The van der Waals surface area contributed by atoms with Crippen molar-refractivity contribution >= 4 is 0 Å². The lowest BCUT2D eigenvalue weighted by Crippen LogP contribution is -1.99. The van der Waals surface area contributed by atoms with Crippen molar-refractivity contribution in [3.05, 3.63) is 41.5 Å². The summed E-state index contributed by atoms with van der Waals surface area (Å²) >= 11 is 0. The summed E-state index contributed by atoms with van der Waals surface area (Å²) in [5.74, 6) is 0.981. The van der Waals surface area contributed by atoms with Gasteiger partial charge in [-0.3, -0.25) is 0 Å². The summed E-state index contributed by atoms with van der Waals surface area (Å²) in [6.45, 7) is 5.25. The first-order valence-corrected chi connectivity index (χ1v) is 4.79. The fourth-order valence-electron chi connectivity index (χ4n) is 1.32. The highest BCUT2D eigenvalue weighted by Crippen LogP contribution is 2.21. The van der Waals surface area contributed by atoms with Crippen LogP contribution in [0.3, 0.4) is 0 Å². The summed E-state index contributed by atoms with van der Waals surface area (Å²) in [4.78, 5) is 0. The molecule has 0 aliphatic heterocycles. The zero-order chi connectivity index (χ0) is 10.4. The Bertz CT molecular complexity index is 298. The molecule has 0 amide bonds. The van der Waals surface area contributed by atoms with E-state index in [1.165, 1.54) is 11.1 Å². The molecule has 1 aromatic rings. The second-order valence-electron chi connectivity index (χ2n) is 3.24. The maximum atomic E-state index is 5.63. The second-order valence-corrected chi connectivity index (χ2v) is 3.24. The minimum atomic E-state index is 0.566. The summed E-state index contributed by atoms with van der Waals surface area (Å²) in [6, 6.07) is 6.14. The number of benzene rings is 1. The monoisotopic (exact) mass is 191 g/mol. The van der Waals surface area contributed by atoms with Gasteiger partial charge in [0.15, 0.2) is 0 Å². The number of hydrogen-bond acceptors (Lipinski definition) is 2. The van der Waals surface area contributed by atoms with E-state index >= 15 is 0 Å². The minimum Gasteiger partial charge on any atom is -0.489 e. The van der Waals surface area contributed by atoms with Crippen molar-refractivity contribution in [2.24, 2.45) is 5.73 Å². The van der Waals surface area contributed by atoms with Crippen LogP contribution in [0, 0.1) is 13.8 Å². The van der Waals surface area contributed by atoms with E-state index in [0.29, 0.717) is 13.2 Å². The molecule has 2 heteroatoms. The van der Waals surface area contributed by atoms with Gasteiger partial charge in [0.2, 0.25) is 0 Å². The number of nitrogens with two attached hydrogens (primary N) is 1. The summed E-state index contributed by atoms with van der Waals surface area (Å²) < 4.78 is 5.63. The average molecular weight is 191 g/mol. The third-order valence-electron chi connectivity index (χ3n) is 2.04. The van der Waals surface area contributed by atoms with Crippen molar-refractivity contribution in [1.29, 1.82) is 0 Å². The molecule has 76 valence electrons. The molecule has 0 radical (unpaired) electrons. The standard InChI is InChI=1S/C12H17NO/c1-10-6-5-7-11(2)12(10)14-9-4-3-8-13/h3-7H,8-9,13H2,1-2H3. The van der Waals surface area contributed by atoms with Gasteiger partial charge in [-0.15, -0.1) is 0 Å². The van der Waals surface area contributed by atoms with E-state index in [9.17, 15) is 0 Å². The van der Waals surface area contributed by atoms with Crippen LogP contribution in [0.4, 0.5) is 0 Å². The predicted molar refractivity (Wildman–Crippen MR) is 59.6 cm³/mol. The van der Waals surface area contributed by atoms with Gasteiger partial charge in [-0.1, -0.05) is 30.4 Å². The largest absolute Gasteiger partial charge is 0.489 e. The van der Waals surface area contributed by atoms with E-state index in [0.717, 1.165) is 5.75 Å². The Kier molecular flexibility index (Phi) is 4.20. The van der Waals surface area contributed by atoms with Crippen molar-refractivity contribution in [2.45, 2.75) is 13.8 Å². The molecule has 0 saturated heterocycles. The summed E-state index contributed by atoms with van der Waals surface area (Å²) in [5, 5.41) is 0. The van der Waals surface area contributed by atoms with Crippen LogP contribution >= 0.6 is 0 Å². The number of para-hydroxylation sites is 1. The fourth-order valence-corrected chi connectivity index (χ4v) is 1.32. The minimum absolute atomic E-state index is 0.566. The lowest BCUT2D eigenvalue weighted by Gasteiger charge is -2.09. The molecule has 0 fully saturated rings. The van der Waals surface area contributed by atoms with Gasteiger partial charge in [0.05, 0.1) is 0 Å². The zero-order valence-electron chi connectivity index (χ0n) is 8.79. The zero-order valence-corrected chi connectivity index (χ0v) is 8.79. The van der Waals surface area contributed by atoms with Crippen LogP contribution in [0.1, 0.15) is 11.1 Å². The maximum absolute atomic E-state index is 5.63. The number of aryl methyl sites for hydroxylation is 2. The van der Waals surface area contributed by atoms with Crippen LogP contribution in [0.2, 0.25) is 0 Å². The molecule has 0 aromatic heterocycles. The molecule has 0 saturated carbocycles. The number of rotatable bonds is 4. The van der Waals surface area contributed by atoms with Crippen LogP contribution in [-0.4, -0.2) is 13.2 Å². The lowest BCUT2D eigenvalue weighted by molar-refractivity contribution is 0.357. The van der Waals surface area contributed by atoms with Gasteiger partial charge in [-0.05, 0) is 25.0 Å². The van der Waals surface area contributed by atoms with Crippen LogP contribution in [0.25, 0.3) is 0 Å². The quantitative estimate of drug-likeness (QED) is 0.740. The van der Waals surface area contributed by atoms with Gasteiger partial charge < -0.3 is 10.5 Å². The molecular formula is C12H17NO. The van der Waals surface area contributed by atoms with Gasteiger partial charge in [0, 0.05) is 6.54 Å². The molecule has 2 nitrogen and oxygen atoms in total. The van der Waals surface area contributed by atoms with Gasteiger partial charge in [0.1, 0.15) is 12.4 Å². The van der Waals surface area contributed by atoms with E-state index in [1.54, 1.807) is 0 Å². The Morgan fingerprint density at radius 1 is 1.21 bits per heavy atom. The van der Waals surface area contributed by atoms with Gasteiger partial charge in [-0.25, -0.2) is 0 Å². The van der Waals surface area contributed by atoms with Gasteiger partial charge >= 0.3 is 0 Å². The SMILES string of the molecule is Cc1cccc(C)c1OCC=CCN. The Labute approximate surface area is 85.4 Å². The molecule has 2 N–H and O–H groups in total. The smallest absolute Gasteiger partial charge is 0.125 e. The third-order valence-corrected chi connectivity index (χ3v) is 2.04. The summed E-state index contributed by atoms with van der Waals surface area (Å²) in [5.41, 5.74) is 7.67. The fraction of sp³-hybridized carbons (Fsp3) is 0.333. The van der Waals surface area contributed by atoms with Crippen molar-refractivity contribution in [1.82, 2.24) is 0 Å². The summed E-state index contributed by atoms with van der Waals surface area (Å²) in [7, 11) is 0. The number of ether oxygens (including phenoxy) is 1. The molecule has 0 aliphatic carbocycles. The molecule has 0 heterocycles. The molecule has 0 bridgehead atoms. The predicted octanol–water partition coefficient (Wildman–Crippen LogP) is 2.20. The molecule has 0 unspecified atom stereocenters. The molecule has 14 heavy (non-hydrogen) atoms. The molecule has 0 atom stereocenters. The van der Waals surface area contributed by atoms with Crippen molar-refractivity contribution < 1.29 is 4.74 Å². The molecule has 1 aromatic carbocycles. The molecular weight excluding hydrogens is 174 g/mol. The van der Waals surface area contributed by atoms with E-state index in [1.807, 2.05) is 18.2 Å². The lowest BCUT2D eigenvalue weighted by atomic mass is 10.1. The Morgan fingerprint density at radius 2 is 1.86 bits per heavy atom. The Hall–Kier alpha value is -1.28. The highest BCUT2D eigenvalue weighted by molar-refractivity contribution is 5.39. The Balaban J connectivity index is 2.62. The van der Waals surface area contributed by atoms with Crippen LogP contribution < -0.4 is 10.5 Å². The third kappa shape index (κ3) is 2.89. The van der Waals surface area contributed by atoms with E-state index in [2.05, 4.69) is 26.0 Å². The highest BCUT2D eigenvalue weighted by Gasteiger charge is 2.00. The average Bonchev–Trinajstić information content (AvgIpc) is 2.16. The van der Waals surface area contributed by atoms with Crippen LogP contribution in [-0.2, 0) is 0 Å². The molecule has 0 aliphatic rings. The van der Waals surface area contributed by atoms with Gasteiger partial charge in [0.25, 0.3) is 0 Å². The van der Waals surface area contributed by atoms with Crippen molar-refractivity contribution in [2.75, 3.05) is 13.2 Å². The van der Waals surface area contributed by atoms with E-state index in [-0.39, 0.29) is 0 Å². The second kappa shape index (κ2) is 5.45. The first kappa shape index (κ1) is 10.8. The Morgan fingerprint density at radius 3 is 2.43 bits per heavy atom. The normalized spacial score (nSPS) is 10.8. The first-order valence-electron chi connectivity index (χ1n) is 4.79. The topological polar surface area (TPSA) is 35.2 Å². The first-order chi connectivity index (χ1) is 6.75. The van der Waals surface area contributed by atoms with Crippen molar-refractivity contribution in [3.8, 4) is 5.75 Å². The highest BCUT2D eigenvalue weighted by atomic mass is 16.5.